The molecule has 0 saturated carbocycles. The fourth-order valence-electron chi connectivity index (χ4n) is 2.34. The van der Waals surface area contributed by atoms with Crippen molar-refractivity contribution in [2.45, 2.75) is 13.8 Å². The highest BCUT2D eigenvalue weighted by Crippen LogP contribution is 2.18. The van der Waals surface area contributed by atoms with E-state index in [4.69, 9.17) is 0 Å². The summed E-state index contributed by atoms with van der Waals surface area (Å²) in [5.74, 6) is 0.520. The Hall–Kier alpha value is -3.02. The van der Waals surface area contributed by atoms with E-state index >= 15 is 0 Å². The lowest BCUT2D eigenvalue weighted by molar-refractivity contribution is -0.114. The Balaban J connectivity index is 2.06. The lowest BCUT2D eigenvalue weighted by Crippen LogP contribution is -2.15. The molecule has 22 heavy (non-hydrogen) atoms. The molecule has 1 amide bonds. The number of hydrogen-bond acceptors (Lipinski definition) is 4. The van der Waals surface area contributed by atoms with Gasteiger partial charge in [-0.05, 0) is 31.2 Å². The maximum atomic E-state index is 12.8. The average molecular weight is 294 g/mol. The van der Waals surface area contributed by atoms with Gasteiger partial charge in [0.2, 0.25) is 5.91 Å². The number of rotatable bonds is 2. The molecule has 0 unspecified atom stereocenters. The van der Waals surface area contributed by atoms with Gasteiger partial charge in [0.05, 0.1) is 11.0 Å². The number of carbonyl (C=O) groups is 2. The molecular formula is C16H14N4O2. The lowest BCUT2D eigenvalue weighted by atomic mass is 10.2. The third-order valence-corrected chi connectivity index (χ3v) is 3.24. The molecule has 2 aromatic heterocycles. The van der Waals surface area contributed by atoms with Crippen molar-refractivity contribution in [3.05, 3.63) is 54.0 Å². The van der Waals surface area contributed by atoms with Crippen molar-refractivity contribution >= 4 is 28.7 Å². The molecule has 0 bridgehead atoms. The first-order chi connectivity index (χ1) is 10.6. The van der Waals surface area contributed by atoms with E-state index < -0.39 is 0 Å². The van der Waals surface area contributed by atoms with Gasteiger partial charge in [0.15, 0.2) is 0 Å². The molecule has 3 aromatic rings. The van der Waals surface area contributed by atoms with Gasteiger partial charge in [-0.1, -0.05) is 12.1 Å². The number of nitrogens with zero attached hydrogens (tertiary/aromatic N) is 3. The first-order valence-electron chi connectivity index (χ1n) is 6.78. The molecule has 0 saturated heterocycles. The van der Waals surface area contributed by atoms with Gasteiger partial charge in [-0.15, -0.1) is 0 Å². The highest BCUT2D eigenvalue weighted by molar-refractivity contribution is 6.02. The normalized spacial score (nSPS) is 10.6. The SMILES string of the molecule is CC(=O)Nc1cc(C(=O)n2c(C)nc3ccccc32)ccn1. The zero-order valence-electron chi connectivity index (χ0n) is 12.2. The van der Waals surface area contributed by atoms with Gasteiger partial charge in [-0.2, -0.15) is 0 Å². The number of carbonyl (C=O) groups excluding carboxylic acids is 2. The number of aryl methyl sites for hydroxylation is 1. The van der Waals surface area contributed by atoms with Crippen molar-refractivity contribution in [2.75, 3.05) is 5.32 Å². The summed E-state index contributed by atoms with van der Waals surface area (Å²) in [7, 11) is 0. The summed E-state index contributed by atoms with van der Waals surface area (Å²) in [6, 6.07) is 10.6. The van der Waals surface area contributed by atoms with E-state index in [1.165, 1.54) is 13.1 Å². The predicted molar refractivity (Wildman–Crippen MR) is 82.7 cm³/mol. The molecule has 0 aliphatic carbocycles. The molecular weight excluding hydrogens is 280 g/mol. The van der Waals surface area contributed by atoms with Crippen LogP contribution < -0.4 is 5.32 Å². The highest BCUT2D eigenvalue weighted by Gasteiger charge is 2.16. The number of benzene rings is 1. The molecule has 0 aliphatic rings. The zero-order valence-corrected chi connectivity index (χ0v) is 12.2. The summed E-state index contributed by atoms with van der Waals surface area (Å²) < 4.78 is 1.56. The zero-order chi connectivity index (χ0) is 15.7. The Bertz CT molecular complexity index is 883. The van der Waals surface area contributed by atoms with Gasteiger partial charge in [0.25, 0.3) is 5.91 Å². The number of para-hydroxylation sites is 2. The largest absolute Gasteiger partial charge is 0.311 e. The molecule has 0 fully saturated rings. The summed E-state index contributed by atoms with van der Waals surface area (Å²) in [5.41, 5.74) is 1.96. The van der Waals surface area contributed by atoms with Crippen LogP contribution in [-0.2, 0) is 4.79 Å². The van der Waals surface area contributed by atoms with Crippen LogP contribution in [0.15, 0.2) is 42.6 Å². The Morgan fingerprint density at radius 1 is 1.18 bits per heavy atom. The lowest BCUT2D eigenvalue weighted by Gasteiger charge is -2.07. The minimum Gasteiger partial charge on any atom is -0.311 e. The van der Waals surface area contributed by atoms with Crippen molar-refractivity contribution in [3.8, 4) is 0 Å². The second-order valence-electron chi connectivity index (χ2n) is 4.90. The Kier molecular flexibility index (Phi) is 3.42. The number of amides is 1. The van der Waals surface area contributed by atoms with Gasteiger partial charge in [0.1, 0.15) is 11.6 Å². The van der Waals surface area contributed by atoms with Gasteiger partial charge in [-0.3, -0.25) is 14.2 Å². The van der Waals surface area contributed by atoms with Crippen LogP contribution in [0.4, 0.5) is 5.82 Å². The average Bonchev–Trinajstić information content (AvgIpc) is 2.82. The first-order valence-corrected chi connectivity index (χ1v) is 6.78. The maximum Gasteiger partial charge on any atom is 0.264 e. The van der Waals surface area contributed by atoms with Crippen LogP contribution in [0.3, 0.4) is 0 Å². The van der Waals surface area contributed by atoms with E-state index in [1.54, 1.807) is 23.6 Å². The van der Waals surface area contributed by atoms with Crippen LogP contribution in [0.5, 0.6) is 0 Å². The van der Waals surface area contributed by atoms with Gasteiger partial charge >= 0.3 is 0 Å². The molecule has 0 aliphatic heterocycles. The summed E-state index contributed by atoms with van der Waals surface area (Å²) in [4.78, 5) is 32.3. The summed E-state index contributed by atoms with van der Waals surface area (Å²) in [5, 5.41) is 2.57. The fraction of sp³-hybridized carbons (Fsp3) is 0.125. The molecule has 110 valence electrons. The molecule has 0 spiro atoms. The van der Waals surface area contributed by atoms with Crippen molar-refractivity contribution in [2.24, 2.45) is 0 Å². The number of anilines is 1. The topological polar surface area (TPSA) is 76.9 Å². The van der Waals surface area contributed by atoms with Crippen molar-refractivity contribution in [1.82, 2.24) is 14.5 Å². The van der Waals surface area contributed by atoms with E-state index in [9.17, 15) is 9.59 Å². The number of pyridine rings is 1. The van der Waals surface area contributed by atoms with Crippen LogP contribution in [0.1, 0.15) is 23.1 Å². The molecule has 1 aromatic carbocycles. The van der Waals surface area contributed by atoms with E-state index in [1.807, 2.05) is 24.3 Å². The van der Waals surface area contributed by atoms with Crippen LogP contribution in [-0.4, -0.2) is 26.3 Å². The highest BCUT2D eigenvalue weighted by atomic mass is 16.2. The van der Waals surface area contributed by atoms with E-state index in [0.29, 0.717) is 17.2 Å². The van der Waals surface area contributed by atoms with E-state index in [2.05, 4.69) is 15.3 Å². The van der Waals surface area contributed by atoms with Crippen molar-refractivity contribution in [1.29, 1.82) is 0 Å². The minimum absolute atomic E-state index is 0.208. The predicted octanol–water partition coefficient (Wildman–Crippen LogP) is 2.39. The quantitative estimate of drug-likeness (QED) is 0.787. The number of aromatic nitrogens is 3. The number of hydrogen-bond donors (Lipinski definition) is 1. The minimum atomic E-state index is -0.235. The molecule has 1 N–H and O–H groups in total. The fourth-order valence-corrected chi connectivity index (χ4v) is 2.34. The standard InChI is InChI=1S/C16H14N4O2/c1-10-18-13-5-3-4-6-14(13)20(10)16(22)12-7-8-17-15(9-12)19-11(2)21/h3-9H,1-2H3,(H,17,19,21). The third-order valence-electron chi connectivity index (χ3n) is 3.24. The van der Waals surface area contributed by atoms with E-state index in [-0.39, 0.29) is 11.8 Å². The van der Waals surface area contributed by atoms with Gasteiger partial charge in [0, 0.05) is 18.7 Å². The smallest absolute Gasteiger partial charge is 0.264 e. The summed E-state index contributed by atoms with van der Waals surface area (Å²) in [6.07, 6.45) is 1.49. The Labute approximate surface area is 126 Å². The first kappa shape index (κ1) is 13.9. The van der Waals surface area contributed by atoms with Crippen molar-refractivity contribution < 1.29 is 9.59 Å². The van der Waals surface area contributed by atoms with Crippen molar-refractivity contribution in [3.63, 3.8) is 0 Å². The molecule has 0 radical (unpaired) electrons. The summed E-state index contributed by atoms with van der Waals surface area (Å²) in [6.45, 7) is 3.18. The Morgan fingerprint density at radius 2 is 1.95 bits per heavy atom. The van der Waals surface area contributed by atoms with Crippen LogP contribution in [0.2, 0.25) is 0 Å². The third kappa shape index (κ3) is 2.46. The van der Waals surface area contributed by atoms with E-state index in [0.717, 1.165) is 11.0 Å². The van der Waals surface area contributed by atoms with Crippen LogP contribution in [0, 0.1) is 6.92 Å². The molecule has 3 rings (SSSR count). The maximum absolute atomic E-state index is 12.8. The number of fused-ring (bicyclic) bond motifs is 1. The second kappa shape index (κ2) is 5.40. The molecule has 6 nitrogen and oxygen atoms in total. The molecule has 6 heteroatoms. The molecule has 2 heterocycles. The van der Waals surface area contributed by atoms with Crippen LogP contribution in [0.25, 0.3) is 11.0 Å². The molecule has 0 atom stereocenters. The van der Waals surface area contributed by atoms with Gasteiger partial charge < -0.3 is 5.32 Å². The Morgan fingerprint density at radius 3 is 2.73 bits per heavy atom. The summed E-state index contributed by atoms with van der Waals surface area (Å²) >= 11 is 0. The monoisotopic (exact) mass is 294 g/mol. The second-order valence-corrected chi connectivity index (χ2v) is 4.90. The van der Waals surface area contributed by atoms with Crippen LogP contribution >= 0.6 is 0 Å². The van der Waals surface area contributed by atoms with Gasteiger partial charge in [-0.25, -0.2) is 9.97 Å². The number of nitrogens with one attached hydrogen (secondary N) is 1. The number of imidazole rings is 1.